The van der Waals surface area contributed by atoms with Gasteiger partial charge in [-0.05, 0) is 41.5 Å². The molecule has 0 unspecified atom stereocenters. The first kappa shape index (κ1) is 16.4. The second-order valence-corrected chi connectivity index (χ2v) is 6.64. The van der Waals surface area contributed by atoms with E-state index in [2.05, 4.69) is 27.8 Å². The molecule has 22 heavy (non-hydrogen) atoms. The highest BCUT2D eigenvalue weighted by Crippen LogP contribution is 2.31. The van der Waals surface area contributed by atoms with Crippen LogP contribution in [0.2, 0.25) is 0 Å². The fourth-order valence-electron chi connectivity index (χ4n) is 2.18. The Hall–Kier alpha value is -2.00. The van der Waals surface area contributed by atoms with Crippen molar-refractivity contribution in [1.82, 2.24) is 20.2 Å². The smallest absolute Gasteiger partial charge is 0.238 e. The molecule has 0 bridgehead atoms. The highest BCUT2D eigenvalue weighted by molar-refractivity contribution is 7.89. The summed E-state index contributed by atoms with van der Waals surface area (Å²) in [5.41, 5.74) is 1.98. The average molecular weight is 324 g/mol. The molecule has 0 atom stereocenters. The summed E-state index contributed by atoms with van der Waals surface area (Å²) in [6, 6.07) is 3.28. The molecule has 8 nitrogen and oxygen atoms in total. The Morgan fingerprint density at radius 3 is 2.64 bits per heavy atom. The minimum Gasteiger partial charge on any atom is -0.384 e. The van der Waals surface area contributed by atoms with E-state index in [-0.39, 0.29) is 4.90 Å². The van der Waals surface area contributed by atoms with E-state index in [1.165, 1.54) is 10.7 Å². The lowest BCUT2D eigenvalue weighted by Crippen LogP contribution is -2.15. The van der Waals surface area contributed by atoms with Crippen molar-refractivity contribution >= 4 is 15.7 Å². The van der Waals surface area contributed by atoms with Crippen LogP contribution in [0.25, 0.3) is 11.4 Å². The van der Waals surface area contributed by atoms with Gasteiger partial charge in [0.2, 0.25) is 10.0 Å². The van der Waals surface area contributed by atoms with E-state index in [4.69, 9.17) is 5.14 Å². The second kappa shape index (κ2) is 6.41. The third kappa shape index (κ3) is 3.42. The van der Waals surface area contributed by atoms with Gasteiger partial charge in [0, 0.05) is 24.8 Å². The van der Waals surface area contributed by atoms with Crippen molar-refractivity contribution in [2.75, 3.05) is 11.9 Å². The minimum absolute atomic E-state index is 0.0755. The van der Waals surface area contributed by atoms with Gasteiger partial charge in [-0.1, -0.05) is 13.3 Å². The van der Waals surface area contributed by atoms with Crippen molar-refractivity contribution in [3.05, 3.63) is 17.7 Å². The molecule has 2 aromatic rings. The fourth-order valence-corrected chi connectivity index (χ4v) is 2.97. The zero-order valence-electron chi connectivity index (χ0n) is 12.9. The van der Waals surface area contributed by atoms with Gasteiger partial charge in [0.05, 0.1) is 4.90 Å². The number of primary sulfonamides is 1. The Bertz CT molecular complexity index is 769. The number of sulfonamides is 1. The number of nitrogens with zero attached hydrogens (tertiary/aromatic N) is 4. The van der Waals surface area contributed by atoms with Crippen molar-refractivity contribution in [3.63, 3.8) is 0 Å². The molecule has 0 radical (unpaired) electrons. The van der Waals surface area contributed by atoms with E-state index in [0.29, 0.717) is 17.0 Å². The van der Waals surface area contributed by atoms with Gasteiger partial charge in [-0.15, -0.1) is 5.10 Å². The third-order valence-corrected chi connectivity index (χ3v) is 4.38. The normalized spacial score (nSPS) is 11.6. The van der Waals surface area contributed by atoms with Crippen LogP contribution in [0.4, 0.5) is 5.69 Å². The number of hydrogen-bond acceptors (Lipinski definition) is 6. The van der Waals surface area contributed by atoms with Crippen LogP contribution >= 0.6 is 0 Å². The number of nitrogens with two attached hydrogens (primary N) is 1. The number of rotatable bonds is 6. The summed E-state index contributed by atoms with van der Waals surface area (Å²) in [7, 11) is -2.11. The minimum atomic E-state index is -3.81. The number of hydrogen-bond donors (Lipinski definition) is 2. The molecule has 120 valence electrons. The summed E-state index contributed by atoms with van der Waals surface area (Å²) in [6.45, 7) is 4.59. The Kier molecular flexibility index (Phi) is 4.77. The number of tetrazole rings is 1. The van der Waals surface area contributed by atoms with Crippen LogP contribution < -0.4 is 10.5 Å². The SMILES string of the molecule is CCCCNc1cc(C)c(S(N)(=O)=O)cc1-c1nnnn1C. The highest BCUT2D eigenvalue weighted by Gasteiger charge is 2.19. The molecule has 2 rings (SSSR count). The maximum absolute atomic E-state index is 11.7. The Morgan fingerprint density at radius 1 is 1.36 bits per heavy atom. The molecule has 3 N–H and O–H groups in total. The van der Waals surface area contributed by atoms with Crippen LogP contribution in [0.5, 0.6) is 0 Å². The molecular weight excluding hydrogens is 304 g/mol. The highest BCUT2D eigenvalue weighted by atomic mass is 32.2. The topological polar surface area (TPSA) is 116 Å². The standard InChI is InChI=1S/C13H20N6O2S/c1-4-5-6-15-11-7-9(2)12(22(14,20)21)8-10(11)13-16-17-18-19(13)3/h7-8,15H,4-6H2,1-3H3,(H2,14,20,21). The van der Waals surface area contributed by atoms with Crippen LogP contribution in [0.15, 0.2) is 17.0 Å². The monoisotopic (exact) mass is 324 g/mol. The number of nitrogens with one attached hydrogen (secondary N) is 1. The lowest BCUT2D eigenvalue weighted by Gasteiger charge is -2.14. The molecule has 9 heteroatoms. The second-order valence-electron chi connectivity index (χ2n) is 5.11. The quantitative estimate of drug-likeness (QED) is 0.767. The first-order valence-corrected chi connectivity index (χ1v) is 8.53. The summed E-state index contributed by atoms with van der Waals surface area (Å²) < 4.78 is 25.0. The molecule has 0 fully saturated rings. The summed E-state index contributed by atoms with van der Waals surface area (Å²) in [4.78, 5) is 0.0755. The zero-order chi connectivity index (χ0) is 16.3. The van der Waals surface area contributed by atoms with Gasteiger partial charge in [-0.25, -0.2) is 18.2 Å². The predicted molar refractivity (Wildman–Crippen MR) is 83.7 cm³/mol. The number of benzene rings is 1. The number of unbranched alkanes of at least 4 members (excludes halogenated alkanes) is 1. The van der Waals surface area contributed by atoms with E-state index >= 15 is 0 Å². The van der Waals surface area contributed by atoms with E-state index in [1.807, 2.05) is 0 Å². The first-order valence-electron chi connectivity index (χ1n) is 6.98. The van der Waals surface area contributed by atoms with Gasteiger partial charge in [-0.3, -0.25) is 0 Å². The summed E-state index contributed by atoms with van der Waals surface area (Å²) in [5, 5.41) is 19.9. The molecule has 0 amide bonds. The van der Waals surface area contributed by atoms with Crippen molar-refractivity contribution in [1.29, 1.82) is 0 Å². The van der Waals surface area contributed by atoms with E-state index in [9.17, 15) is 8.42 Å². The Labute approximate surface area is 129 Å². The average Bonchev–Trinajstić information content (AvgIpc) is 2.84. The van der Waals surface area contributed by atoms with Crippen molar-refractivity contribution in [3.8, 4) is 11.4 Å². The van der Waals surface area contributed by atoms with Crippen molar-refractivity contribution in [2.24, 2.45) is 12.2 Å². The maximum Gasteiger partial charge on any atom is 0.238 e. The van der Waals surface area contributed by atoms with E-state index < -0.39 is 10.0 Å². The summed E-state index contributed by atoms with van der Waals surface area (Å²) in [5.74, 6) is 0.476. The lowest BCUT2D eigenvalue weighted by molar-refractivity contribution is 0.597. The van der Waals surface area contributed by atoms with E-state index in [1.54, 1.807) is 20.0 Å². The first-order chi connectivity index (χ1) is 10.3. The van der Waals surface area contributed by atoms with Gasteiger partial charge in [0.1, 0.15) is 0 Å². The summed E-state index contributed by atoms with van der Waals surface area (Å²) >= 11 is 0. The molecule has 0 spiro atoms. The number of anilines is 1. The van der Waals surface area contributed by atoms with E-state index in [0.717, 1.165) is 25.1 Å². The van der Waals surface area contributed by atoms with Gasteiger partial charge >= 0.3 is 0 Å². The maximum atomic E-state index is 11.7. The molecule has 0 saturated heterocycles. The summed E-state index contributed by atoms with van der Waals surface area (Å²) in [6.07, 6.45) is 2.06. The third-order valence-electron chi connectivity index (χ3n) is 3.33. The Balaban J connectivity index is 2.58. The number of aromatic nitrogens is 4. The van der Waals surface area contributed by atoms with Gasteiger partial charge in [-0.2, -0.15) is 0 Å². The lowest BCUT2D eigenvalue weighted by atomic mass is 10.1. The fraction of sp³-hybridized carbons (Fsp3) is 0.462. The molecular formula is C13H20N6O2S. The van der Waals surface area contributed by atoms with Crippen LogP contribution in [-0.4, -0.2) is 35.2 Å². The van der Waals surface area contributed by atoms with Gasteiger partial charge in [0.15, 0.2) is 5.82 Å². The Morgan fingerprint density at radius 2 is 2.09 bits per heavy atom. The molecule has 1 heterocycles. The molecule has 1 aromatic heterocycles. The molecule has 1 aromatic carbocycles. The van der Waals surface area contributed by atoms with Crippen LogP contribution in [-0.2, 0) is 17.1 Å². The van der Waals surface area contributed by atoms with Crippen LogP contribution in [0.3, 0.4) is 0 Å². The molecule has 0 aliphatic heterocycles. The van der Waals surface area contributed by atoms with Crippen LogP contribution in [0.1, 0.15) is 25.3 Å². The van der Waals surface area contributed by atoms with Crippen molar-refractivity contribution in [2.45, 2.75) is 31.6 Å². The largest absolute Gasteiger partial charge is 0.384 e. The molecule has 0 saturated carbocycles. The molecule has 0 aliphatic rings. The zero-order valence-corrected chi connectivity index (χ0v) is 13.7. The van der Waals surface area contributed by atoms with Crippen molar-refractivity contribution < 1.29 is 8.42 Å². The molecule has 0 aliphatic carbocycles. The number of aryl methyl sites for hydroxylation is 2. The van der Waals surface area contributed by atoms with Gasteiger partial charge < -0.3 is 5.32 Å². The van der Waals surface area contributed by atoms with Crippen LogP contribution in [0, 0.1) is 6.92 Å². The predicted octanol–water partition coefficient (Wildman–Crippen LogP) is 1.04. The van der Waals surface area contributed by atoms with Gasteiger partial charge in [0.25, 0.3) is 0 Å².